The van der Waals surface area contributed by atoms with Crippen molar-refractivity contribution in [2.45, 2.75) is 81.4 Å². The third kappa shape index (κ3) is 11.4. The van der Waals surface area contributed by atoms with Gasteiger partial charge in [-0.1, -0.05) is 50.7 Å². The third-order valence-electron chi connectivity index (χ3n) is 5.15. The van der Waals surface area contributed by atoms with E-state index in [-0.39, 0.29) is 4.90 Å². The first kappa shape index (κ1) is 26.3. The van der Waals surface area contributed by atoms with Crippen LogP contribution in [-0.2, 0) is 19.7 Å². The van der Waals surface area contributed by atoms with Gasteiger partial charge in [-0.2, -0.15) is 8.42 Å². The SMILES string of the molecule is O=CCCCCCCCCCNCCCCC(C(=O)O)c1ccc(S(=O)(=O)O)cc1. The summed E-state index contributed by atoms with van der Waals surface area (Å²) in [5.74, 6) is -1.62. The van der Waals surface area contributed by atoms with Crippen molar-refractivity contribution < 1.29 is 27.7 Å². The van der Waals surface area contributed by atoms with Gasteiger partial charge in [0, 0.05) is 6.42 Å². The number of hydrogen-bond donors (Lipinski definition) is 3. The molecule has 170 valence electrons. The zero-order chi connectivity index (χ0) is 22.2. The first-order valence-electron chi connectivity index (χ1n) is 10.8. The van der Waals surface area contributed by atoms with Crippen molar-refractivity contribution in [2.24, 2.45) is 0 Å². The molecule has 3 N–H and O–H groups in total. The Hall–Kier alpha value is -1.77. The lowest BCUT2D eigenvalue weighted by Gasteiger charge is -2.13. The summed E-state index contributed by atoms with van der Waals surface area (Å²) in [4.78, 5) is 21.5. The summed E-state index contributed by atoms with van der Waals surface area (Å²) in [6.45, 7) is 1.81. The number of carboxylic acids is 1. The number of rotatable bonds is 18. The maximum absolute atomic E-state index is 11.5. The van der Waals surface area contributed by atoms with E-state index in [2.05, 4.69) is 5.32 Å². The third-order valence-corrected chi connectivity index (χ3v) is 6.02. The van der Waals surface area contributed by atoms with E-state index >= 15 is 0 Å². The molecule has 0 spiro atoms. The monoisotopic (exact) mass is 441 g/mol. The summed E-state index contributed by atoms with van der Waals surface area (Å²) < 4.78 is 31.2. The number of hydrogen-bond acceptors (Lipinski definition) is 5. The highest BCUT2D eigenvalue weighted by Gasteiger charge is 2.20. The topological polar surface area (TPSA) is 121 Å². The van der Waals surface area contributed by atoms with Gasteiger partial charge in [-0.25, -0.2) is 0 Å². The van der Waals surface area contributed by atoms with E-state index in [1.54, 1.807) is 0 Å². The van der Waals surface area contributed by atoms with E-state index in [0.717, 1.165) is 51.5 Å². The van der Waals surface area contributed by atoms with Crippen molar-refractivity contribution in [1.29, 1.82) is 0 Å². The second-order valence-electron chi connectivity index (χ2n) is 7.61. The highest BCUT2D eigenvalue weighted by Crippen LogP contribution is 2.24. The molecule has 0 fully saturated rings. The normalized spacial score (nSPS) is 12.6. The Morgan fingerprint density at radius 1 is 0.900 bits per heavy atom. The van der Waals surface area contributed by atoms with Gasteiger partial charge in [-0.05, 0) is 56.5 Å². The summed E-state index contributed by atoms with van der Waals surface area (Å²) >= 11 is 0. The van der Waals surface area contributed by atoms with Crippen LogP contribution in [0.2, 0.25) is 0 Å². The van der Waals surface area contributed by atoms with Gasteiger partial charge in [0.05, 0.1) is 10.8 Å². The lowest BCUT2D eigenvalue weighted by Crippen LogP contribution is -2.17. The number of benzene rings is 1. The van der Waals surface area contributed by atoms with E-state index < -0.39 is 22.0 Å². The van der Waals surface area contributed by atoms with E-state index in [4.69, 9.17) is 4.55 Å². The molecule has 1 rings (SSSR count). The average Bonchev–Trinajstić information content (AvgIpc) is 2.70. The van der Waals surface area contributed by atoms with Crippen LogP contribution in [0.5, 0.6) is 0 Å². The maximum atomic E-state index is 11.5. The molecule has 0 aromatic heterocycles. The molecule has 1 aromatic rings. The molecule has 0 heterocycles. The molecule has 1 aromatic carbocycles. The minimum absolute atomic E-state index is 0.238. The molecule has 0 aliphatic carbocycles. The van der Waals surface area contributed by atoms with Crippen LogP contribution in [0, 0.1) is 0 Å². The number of nitrogens with one attached hydrogen (secondary N) is 1. The fraction of sp³-hybridized carbons (Fsp3) is 0.636. The van der Waals surface area contributed by atoms with Crippen molar-refractivity contribution in [2.75, 3.05) is 13.1 Å². The minimum Gasteiger partial charge on any atom is -0.481 e. The molecule has 0 saturated heterocycles. The molecule has 0 aliphatic heterocycles. The molecular formula is C22H35NO6S. The maximum Gasteiger partial charge on any atom is 0.310 e. The van der Waals surface area contributed by atoms with Gasteiger partial charge in [0.25, 0.3) is 10.1 Å². The molecule has 30 heavy (non-hydrogen) atoms. The molecule has 1 atom stereocenters. The largest absolute Gasteiger partial charge is 0.481 e. The molecule has 8 heteroatoms. The Labute approximate surface area is 180 Å². The minimum atomic E-state index is -4.28. The van der Waals surface area contributed by atoms with Crippen molar-refractivity contribution in [1.82, 2.24) is 5.32 Å². The van der Waals surface area contributed by atoms with Crippen LogP contribution < -0.4 is 5.32 Å². The second kappa shape index (κ2) is 15.1. The van der Waals surface area contributed by atoms with Crippen LogP contribution >= 0.6 is 0 Å². The highest BCUT2D eigenvalue weighted by atomic mass is 32.2. The number of aliphatic carboxylic acids is 1. The Morgan fingerprint density at radius 3 is 1.97 bits per heavy atom. The summed E-state index contributed by atoms with van der Waals surface area (Å²) in [6, 6.07) is 5.35. The van der Waals surface area contributed by atoms with Crippen molar-refractivity contribution in [3.05, 3.63) is 29.8 Å². The van der Waals surface area contributed by atoms with E-state index in [9.17, 15) is 23.1 Å². The van der Waals surface area contributed by atoms with Crippen LogP contribution in [0.1, 0.15) is 82.1 Å². The standard InChI is InChI=1S/C22H35NO6S/c24-18-10-6-4-2-1-3-5-8-16-23-17-9-7-11-21(22(25)26)19-12-14-20(15-13-19)30(27,28)29/h12-15,18,21,23H,1-11,16-17H2,(H,25,26)(H,27,28,29). The molecule has 0 aliphatic rings. The van der Waals surface area contributed by atoms with Gasteiger partial charge >= 0.3 is 5.97 Å². The Balaban J connectivity index is 2.14. The van der Waals surface area contributed by atoms with Gasteiger partial charge in [0.15, 0.2) is 0 Å². The van der Waals surface area contributed by atoms with Crippen molar-refractivity contribution in [3.63, 3.8) is 0 Å². The number of carbonyl (C=O) groups is 2. The highest BCUT2D eigenvalue weighted by molar-refractivity contribution is 7.85. The summed E-state index contributed by atoms with van der Waals surface area (Å²) in [6.07, 6.45) is 11.9. The fourth-order valence-electron chi connectivity index (χ4n) is 3.39. The van der Waals surface area contributed by atoms with Gasteiger partial charge in [0.1, 0.15) is 6.29 Å². The van der Waals surface area contributed by atoms with Gasteiger partial charge in [-0.15, -0.1) is 0 Å². The van der Waals surface area contributed by atoms with Crippen molar-refractivity contribution >= 4 is 22.4 Å². The summed E-state index contributed by atoms with van der Waals surface area (Å²) in [7, 11) is -4.28. The molecule has 0 saturated carbocycles. The van der Waals surface area contributed by atoms with Crippen LogP contribution in [0.3, 0.4) is 0 Å². The molecule has 0 radical (unpaired) electrons. The van der Waals surface area contributed by atoms with Crippen LogP contribution in [-0.4, -0.2) is 43.4 Å². The van der Waals surface area contributed by atoms with Crippen LogP contribution in [0.15, 0.2) is 29.2 Å². The quantitative estimate of drug-likeness (QED) is 0.177. The first-order valence-corrected chi connectivity index (χ1v) is 12.2. The zero-order valence-electron chi connectivity index (χ0n) is 17.6. The second-order valence-corrected chi connectivity index (χ2v) is 9.03. The van der Waals surface area contributed by atoms with Gasteiger partial charge < -0.3 is 15.2 Å². The van der Waals surface area contributed by atoms with E-state index in [1.165, 1.54) is 49.9 Å². The number of carboxylic acid groups (broad SMARTS) is 1. The van der Waals surface area contributed by atoms with Crippen LogP contribution in [0.4, 0.5) is 0 Å². The molecule has 0 bridgehead atoms. The summed E-state index contributed by atoms with van der Waals surface area (Å²) in [5, 5.41) is 12.9. The Bertz CT molecular complexity index is 718. The number of unbranched alkanes of at least 4 members (excludes halogenated alkanes) is 8. The number of carbonyl (C=O) groups excluding carboxylic acids is 1. The zero-order valence-corrected chi connectivity index (χ0v) is 18.4. The van der Waals surface area contributed by atoms with E-state index in [1.807, 2.05) is 0 Å². The molecule has 1 unspecified atom stereocenters. The summed E-state index contributed by atoms with van der Waals surface area (Å²) in [5.41, 5.74) is 0.536. The molecular weight excluding hydrogens is 406 g/mol. The van der Waals surface area contributed by atoms with Crippen LogP contribution in [0.25, 0.3) is 0 Å². The number of aldehydes is 1. The lowest BCUT2D eigenvalue weighted by molar-refractivity contribution is -0.139. The molecule has 7 nitrogen and oxygen atoms in total. The van der Waals surface area contributed by atoms with E-state index in [0.29, 0.717) is 18.4 Å². The lowest BCUT2D eigenvalue weighted by atomic mass is 9.94. The van der Waals surface area contributed by atoms with Crippen molar-refractivity contribution in [3.8, 4) is 0 Å². The van der Waals surface area contributed by atoms with Gasteiger partial charge in [-0.3, -0.25) is 9.35 Å². The average molecular weight is 442 g/mol. The first-order chi connectivity index (χ1) is 14.4. The predicted octanol–water partition coefficient (Wildman–Crippen LogP) is 4.18. The van der Waals surface area contributed by atoms with Gasteiger partial charge in [0.2, 0.25) is 0 Å². The Morgan fingerprint density at radius 2 is 1.43 bits per heavy atom. The fourth-order valence-corrected chi connectivity index (χ4v) is 3.87. The Kier molecular flexibility index (Phi) is 13.2. The smallest absolute Gasteiger partial charge is 0.310 e. The molecule has 0 amide bonds. The predicted molar refractivity (Wildman–Crippen MR) is 116 cm³/mol.